The van der Waals surface area contributed by atoms with Gasteiger partial charge < -0.3 is 15.8 Å². The summed E-state index contributed by atoms with van der Waals surface area (Å²) in [5.41, 5.74) is 2.43. The van der Waals surface area contributed by atoms with E-state index in [0.717, 1.165) is 0 Å². The maximum Gasteiger partial charge on any atom is 0.145 e. The quantitative estimate of drug-likeness (QED) is 0.410. The minimum Gasteiger partial charge on any atom is -0.394 e. The molecule has 0 aliphatic rings. The summed E-state index contributed by atoms with van der Waals surface area (Å²) >= 11 is 0. The zero-order valence-electron chi connectivity index (χ0n) is 8.94. The van der Waals surface area contributed by atoms with Gasteiger partial charge in [0.15, 0.2) is 0 Å². The largest absolute Gasteiger partial charge is 0.394 e. The normalized spacial score (nSPS) is 12.6. The highest BCUT2D eigenvalue weighted by Gasteiger charge is 2.12. The van der Waals surface area contributed by atoms with Crippen LogP contribution in [0.2, 0.25) is 0 Å². The fraction of sp³-hybridized carbons (Fsp3) is 0.556. The number of hydrogen-bond acceptors (Lipinski definition) is 6. The van der Waals surface area contributed by atoms with E-state index in [4.69, 9.17) is 10.9 Å². The molecule has 0 spiro atoms. The van der Waals surface area contributed by atoms with Gasteiger partial charge in [0, 0.05) is 6.07 Å². The van der Waals surface area contributed by atoms with E-state index in [0.29, 0.717) is 17.6 Å². The van der Waals surface area contributed by atoms with Gasteiger partial charge >= 0.3 is 0 Å². The van der Waals surface area contributed by atoms with Gasteiger partial charge in [-0.15, -0.1) is 0 Å². The predicted molar refractivity (Wildman–Crippen MR) is 59.2 cm³/mol. The van der Waals surface area contributed by atoms with Crippen LogP contribution in [0, 0.1) is 5.92 Å². The topological polar surface area (TPSA) is 96.1 Å². The highest BCUT2D eigenvalue weighted by atomic mass is 16.3. The molecule has 0 aromatic carbocycles. The molecule has 0 radical (unpaired) electrons. The van der Waals surface area contributed by atoms with Crippen LogP contribution in [0.3, 0.4) is 0 Å². The number of nitrogens with two attached hydrogens (primary N) is 1. The molecule has 1 rings (SSSR count). The summed E-state index contributed by atoms with van der Waals surface area (Å²) in [5, 5.41) is 12.2. The molecule has 0 saturated carbocycles. The molecule has 6 nitrogen and oxygen atoms in total. The monoisotopic (exact) mass is 211 g/mol. The van der Waals surface area contributed by atoms with Crippen molar-refractivity contribution in [3.8, 4) is 0 Å². The Hall–Kier alpha value is -1.40. The van der Waals surface area contributed by atoms with Gasteiger partial charge in [-0.25, -0.2) is 15.8 Å². The average Bonchev–Trinajstić information content (AvgIpc) is 2.25. The Morgan fingerprint density at radius 3 is 2.60 bits per heavy atom. The van der Waals surface area contributed by atoms with Crippen LogP contribution < -0.4 is 16.6 Å². The molecule has 1 heterocycles. The molecular formula is C9H17N5O. The molecule has 1 aromatic rings. The Labute approximate surface area is 88.9 Å². The van der Waals surface area contributed by atoms with Crippen LogP contribution in [-0.4, -0.2) is 27.7 Å². The molecule has 1 atom stereocenters. The third-order valence-electron chi connectivity index (χ3n) is 2.15. The number of aliphatic hydroxyl groups excluding tert-OH is 1. The van der Waals surface area contributed by atoms with E-state index in [1.807, 2.05) is 13.8 Å². The maximum atomic E-state index is 9.14. The first-order valence-corrected chi connectivity index (χ1v) is 4.83. The predicted octanol–water partition coefficient (Wildman–Crippen LogP) is 0.191. The van der Waals surface area contributed by atoms with Gasteiger partial charge in [-0.3, -0.25) is 0 Å². The van der Waals surface area contributed by atoms with Crippen LogP contribution in [0.15, 0.2) is 12.4 Å². The lowest BCUT2D eigenvalue weighted by molar-refractivity contribution is 0.249. The van der Waals surface area contributed by atoms with Crippen LogP contribution in [0.4, 0.5) is 11.6 Å². The number of rotatable bonds is 5. The van der Waals surface area contributed by atoms with E-state index in [1.54, 1.807) is 6.07 Å². The number of aliphatic hydroxyl groups is 1. The SMILES string of the molecule is CC(C)C(CO)Nc1cc(NN)ncn1. The van der Waals surface area contributed by atoms with E-state index < -0.39 is 0 Å². The number of nitrogens with zero attached hydrogens (tertiary/aromatic N) is 2. The molecule has 0 aliphatic carbocycles. The van der Waals surface area contributed by atoms with Crippen molar-refractivity contribution < 1.29 is 5.11 Å². The van der Waals surface area contributed by atoms with Crippen LogP contribution in [0.1, 0.15) is 13.8 Å². The minimum absolute atomic E-state index is 0.0227. The number of hydrazine groups is 1. The first-order valence-electron chi connectivity index (χ1n) is 4.83. The molecule has 1 aromatic heterocycles. The van der Waals surface area contributed by atoms with Crippen molar-refractivity contribution in [3.63, 3.8) is 0 Å². The molecule has 0 bridgehead atoms. The second kappa shape index (κ2) is 5.47. The van der Waals surface area contributed by atoms with Gasteiger partial charge in [0.05, 0.1) is 12.6 Å². The fourth-order valence-corrected chi connectivity index (χ4v) is 1.13. The van der Waals surface area contributed by atoms with Crippen molar-refractivity contribution in [2.45, 2.75) is 19.9 Å². The lowest BCUT2D eigenvalue weighted by Crippen LogP contribution is -2.29. The van der Waals surface area contributed by atoms with Gasteiger partial charge in [-0.2, -0.15) is 0 Å². The van der Waals surface area contributed by atoms with Crippen LogP contribution in [0.5, 0.6) is 0 Å². The van der Waals surface area contributed by atoms with Crippen molar-refractivity contribution >= 4 is 11.6 Å². The smallest absolute Gasteiger partial charge is 0.145 e. The number of anilines is 2. The summed E-state index contributed by atoms with van der Waals surface area (Å²) in [5.74, 6) is 6.72. The molecule has 0 fully saturated rings. The summed E-state index contributed by atoms with van der Waals surface area (Å²) < 4.78 is 0. The maximum absolute atomic E-state index is 9.14. The summed E-state index contributed by atoms with van der Waals surface area (Å²) in [6, 6.07) is 1.66. The van der Waals surface area contributed by atoms with E-state index in [2.05, 4.69) is 20.7 Å². The van der Waals surface area contributed by atoms with E-state index >= 15 is 0 Å². The highest BCUT2D eigenvalue weighted by Crippen LogP contribution is 2.11. The Balaban J connectivity index is 2.70. The summed E-state index contributed by atoms with van der Waals surface area (Å²) in [6.45, 7) is 4.11. The van der Waals surface area contributed by atoms with Crippen LogP contribution in [0.25, 0.3) is 0 Å². The summed E-state index contributed by atoms with van der Waals surface area (Å²) in [4.78, 5) is 7.91. The van der Waals surface area contributed by atoms with Crippen LogP contribution in [-0.2, 0) is 0 Å². The number of aromatic nitrogens is 2. The van der Waals surface area contributed by atoms with Crippen molar-refractivity contribution in [1.82, 2.24) is 9.97 Å². The van der Waals surface area contributed by atoms with Crippen molar-refractivity contribution in [2.24, 2.45) is 11.8 Å². The number of nitrogen functional groups attached to an aromatic ring is 1. The average molecular weight is 211 g/mol. The first kappa shape index (κ1) is 11.7. The van der Waals surface area contributed by atoms with Crippen molar-refractivity contribution in [2.75, 3.05) is 17.3 Å². The lowest BCUT2D eigenvalue weighted by atomic mass is 10.1. The van der Waals surface area contributed by atoms with Gasteiger partial charge in [-0.05, 0) is 5.92 Å². The van der Waals surface area contributed by atoms with Gasteiger partial charge in [0.1, 0.15) is 18.0 Å². The van der Waals surface area contributed by atoms with E-state index in [1.165, 1.54) is 6.33 Å². The summed E-state index contributed by atoms with van der Waals surface area (Å²) in [6.07, 6.45) is 1.41. The Bertz CT molecular complexity index is 304. The fourth-order valence-electron chi connectivity index (χ4n) is 1.13. The molecule has 0 amide bonds. The zero-order valence-corrected chi connectivity index (χ0v) is 8.94. The molecule has 0 aliphatic heterocycles. The van der Waals surface area contributed by atoms with Crippen LogP contribution >= 0.6 is 0 Å². The third kappa shape index (κ3) is 3.34. The lowest BCUT2D eigenvalue weighted by Gasteiger charge is -2.20. The Kier molecular flexibility index (Phi) is 4.26. The molecular weight excluding hydrogens is 194 g/mol. The van der Waals surface area contributed by atoms with Crippen molar-refractivity contribution in [1.29, 1.82) is 0 Å². The standard InChI is InChI=1S/C9H17N5O/c1-6(2)7(4-15)13-8-3-9(14-10)12-5-11-8/h3,5-7,15H,4,10H2,1-2H3,(H2,11,12,13,14). The van der Waals surface area contributed by atoms with Gasteiger partial charge in [-0.1, -0.05) is 13.8 Å². The van der Waals surface area contributed by atoms with Crippen molar-refractivity contribution in [3.05, 3.63) is 12.4 Å². The highest BCUT2D eigenvalue weighted by molar-refractivity contribution is 5.46. The molecule has 84 valence electrons. The third-order valence-corrected chi connectivity index (χ3v) is 2.15. The van der Waals surface area contributed by atoms with Gasteiger partial charge in [0.2, 0.25) is 0 Å². The molecule has 6 heteroatoms. The second-order valence-corrected chi connectivity index (χ2v) is 3.61. The minimum atomic E-state index is -0.0227. The molecule has 5 N–H and O–H groups in total. The van der Waals surface area contributed by atoms with E-state index in [9.17, 15) is 0 Å². The Morgan fingerprint density at radius 1 is 1.40 bits per heavy atom. The van der Waals surface area contributed by atoms with Gasteiger partial charge in [0.25, 0.3) is 0 Å². The van der Waals surface area contributed by atoms with E-state index in [-0.39, 0.29) is 12.6 Å². The Morgan fingerprint density at radius 2 is 2.07 bits per heavy atom. The molecule has 0 saturated heterocycles. The second-order valence-electron chi connectivity index (χ2n) is 3.61. The first-order chi connectivity index (χ1) is 7.17. The number of hydrogen-bond donors (Lipinski definition) is 4. The number of nitrogens with one attached hydrogen (secondary N) is 2. The molecule has 1 unspecified atom stereocenters. The summed E-state index contributed by atoms with van der Waals surface area (Å²) in [7, 11) is 0. The zero-order chi connectivity index (χ0) is 11.3. The molecule has 15 heavy (non-hydrogen) atoms.